The molecule has 0 aliphatic rings. The summed E-state index contributed by atoms with van der Waals surface area (Å²) in [7, 11) is 0. The summed E-state index contributed by atoms with van der Waals surface area (Å²) in [6, 6.07) is 16.0. The molecule has 1 N–H and O–H groups in total. The number of nitrogens with zero attached hydrogens (tertiary/aromatic N) is 2. The molecule has 0 amide bonds. The number of thiazole rings is 1. The van der Waals surface area contributed by atoms with Gasteiger partial charge in [-0.2, -0.15) is 5.10 Å². The average molecular weight is 430 g/mol. The van der Waals surface area contributed by atoms with E-state index < -0.39 is 0 Å². The van der Waals surface area contributed by atoms with Crippen LogP contribution in [0.15, 0.2) is 63.5 Å². The van der Waals surface area contributed by atoms with E-state index in [1.807, 2.05) is 53.9 Å². The van der Waals surface area contributed by atoms with Gasteiger partial charge in [0.15, 0.2) is 0 Å². The molecule has 1 heterocycles. The van der Waals surface area contributed by atoms with Gasteiger partial charge in [0.2, 0.25) is 5.13 Å². The molecule has 0 atom stereocenters. The molecule has 0 radical (unpaired) electrons. The van der Waals surface area contributed by atoms with Gasteiger partial charge in [0.1, 0.15) is 5.75 Å². The van der Waals surface area contributed by atoms with Crippen molar-refractivity contribution in [3.05, 3.63) is 63.9 Å². The second-order valence-corrected chi connectivity index (χ2v) is 7.46. The minimum atomic E-state index is 0.760. The fourth-order valence-electron chi connectivity index (χ4n) is 2.22. The van der Waals surface area contributed by atoms with Crippen LogP contribution in [-0.4, -0.2) is 17.8 Å². The zero-order chi connectivity index (χ0) is 18.2. The van der Waals surface area contributed by atoms with Crippen molar-refractivity contribution in [3.8, 4) is 17.0 Å². The minimum absolute atomic E-state index is 0.760. The maximum absolute atomic E-state index is 5.66. The summed E-state index contributed by atoms with van der Waals surface area (Å²) >= 11 is 4.97. The first-order valence-electron chi connectivity index (χ1n) is 8.48. The average Bonchev–Trinajstić information content (AvgIpc) is 3.13. The molecule has 3 rings (SSSR count). The van der Waals surface area contributed by atoms with Gasteiger partial charge in [-0.3, -0.25) is 5.43 Å². The van der Waals surface area contributed by atoms with E-state index in [2.05, 4.69) is 38.4 Å². The van der Waals surface area contributed by atoms with Crippen LogP contribution in [0.3, 0.4) is 0 Å². The van der Waals surface area contributed by atoms with Gasteiger partial charge in [-0.15, -0.1) is 11.3 Å². The van der Waals surface area contributed by atoms with E-state index in [1.165, 1.54) is 11.3 Å². The third-order valence-electron chi connectivity index (χ3n) is 3.66. The molecule has 0 fully saturated rings. The van der Waals surface area contributed by atoms with E-state index in [0.717, 1.165) is 51.6 Å². The van der Waals surface area contributed by atoms with Crippen molar-refractivity contribution in [2.45, 2.75) is 19.8 Å². The molecule has 0 bridgehead atoms. The van der Waals surface area contributed by atoms with Crippen molar-refractivity contribution in [1.29, 1.82) is 0 Å². The Hall–Kier alpha value is -2.18. The van der Waals surface area contributed by atoms with Gasteiger partial charge in [0, 0.05) is 15.4 Å². The molecule has 0 unspecified atom stereocenters. The highest BCUT2D eigenvalue weighted by molar-refractivity contribution is 9.10. The lowest BCUT2D eigenvalue weighted by Crippen LogP contribution is -1.96. The summed E-state index contributed by atoms with van der Waals surface area (Å²) in [5, 5.41) is 7.04. The summed E-state index contributed by atoms with van der Waals surface area (Å²) in [6.45, 7) is 2.91. The Kier molecular flexibility index (Phi) is 6.80. The summed E-state index contributed by atoms with van der Waals surface area (Å²) in [5.74, 6) is 0.891. The number of anilines is 1. The SMILES string of the molecule is CCCCOc1ccc(C=NNc2nc(-c3ccc(Br)cc3)cs2)cc1. The molecule has 134 valence electrons. The van der Waals surface area contributed by atoms with Crippen LogP contribution in [0.5, 0.6) is 5.75 Å². The Morgan fingerprint density at radius 1 is 1.15 bits per heavy atom. The molecule has 0 aliphatic heterocycles. The van der Waals surface area contributed by atoms with Crippen molar-refractivity contribution < 1.29 is 4.74 Å². The van der Waals surface area contributed by atoms with E-state index >= 15 is 0 Å². The summed E-state index contributed by atoms with van der Waals surface area (Å²) in [6.07, 6.45) is 3.98. The van der Waals surface area contributed by atoms with E-state index in [0.29, 0.717) is 0 Å². The topological polar surface area (TPSA) is 46.5 Å². The Morgan fingerprint density at radius 3 is 2.65 bits per heavy atom. The molecule has 0 aliphatic carbocycles. The first-order valence-corrected chi connectivity index (χ1v) is 10.2. The fraction of sp³-hybridized carbons (Fsp3) is 0.200. The molecule has 0 saturated heterocycles. The van der Waals surface area contributed by atoms with E-state index in [1.54, 1.807) is 6.21 Å². The largest absolute Gasteiger partial charge is 0.494 e. The first kappa shape index (κ1) is 18.6. The molecule has 3 aromatic rings. The van der Waals surface area contributed by atoms with Crippen molar-refractivity contribution in [2.75, 3.05) is 12.0 Å². The summed E-state index contributed by atoms with van der Waals surface area (Å²) in [4.78, 5) is 4.56. The van der Waals surface area contributed by atoms with Gasteiger partial charge >= 0.3 is 0 Å². The highest BCUT2D eigenvalue weighted by atomic mass is 79.9. The molecule has 26 heavy (non-hydrogen) atoms. The van der Waals surface area contributed by atoms with Gasteiger partial charge in [-0.1, -0.05) is 41.4 Å². The van der Waals surface area contributed by atoms with Crippen LogP contribution in [0.1, 0.15) is 25.3 Å². The Morgan fingerprint density at radius 2 is 1.92 bits per heavy atom. The Balaban J connectivity index is 1.54. The van der Waals surface area contributed by atoms with Crippen LogP contribution < -0.4 is 10.2 Å². The lowest BCUT2D eigenvalue weighted by Gasteiger charge is -2.04. The first-order chi connectivity index (χ1) is 12.7. The van der Waals surface area contributed by atoms with Crippen molar-refractivity contribution >= 4 is 38.6 Å². The highest BCUT2D eigenvalue weighted by Crippen LogP contribution is 2.26. The minimum Gasteiger partial charge on any atom is -0.494 e. The van der Waals surface area contributed by atoms with Crippen LogP contribution in [0, 0.1) is 0 Å². The monoisotopic (exact) mass is 429 g/mol. The van der Waals surface area contributed by atoms with Crippen LogP contribution in [0.4, 0.5) is 5.13 Å². The lowest BCUT2D eigenvalue weighted by molar-refractivity contribution is 0.309. The Labute approximate surface area is 166 Å². The number of hydrogen-bond donors (Lipinski definition) is 1. The molecule has 0 spiro atoms. The predicted molar refractivity (Wildman–Crippen MR) is 113 cm³/mol. The van der Waals surface area contributed by atoms with Gasteiger partial charge < -0.3 is 4.74 Å². The Bertz CT molecular complexity index is 844. The molecule has 2 aromatic carbocycles. The quantitative estimate of drug-likeness (QED) is 0.263. The standard InChI is InChI=1S/C20H20BrN3OS/c1-2-3-12-25-18-10-4-15(5-11-18)13-22-24-20-23-19(14-26-20)16-6-8-17(21)9-7-16/h4-11,13-14H,2-3,12H2,1H3,(H,23,24). The predicted octanol–water partition coefficient (Wildman–Crippen LogP) is 6.20. The summed E-state index contributed by atoms with van der Waals surface area (Å²) < 4.78 is 6.71. The number of rotatable bonds is 8. The maximum atomic E-state index is 5.66. The number of halogens is 1. The molecule has 4 nitrogen and oxygen atoms in total. The second kappa shape index (κ2) is 9.50. The van der Waals surface area contributed by atoms with Crippen molar-refractivity contribution in [1.82, 2.24) is 4.98 Å². The van der Waals surface area contributed by atoms with Crippen LogP contribution in [-0.2, 0) is 0 Å². The number of hydrazone groups is 1. The van der Waals surface area contributed by atoms with Gasteiger partial charge in [0.05, 0.1) is 18.5 Å². The van der Waals surface area contributed by atoms with Crippen LogP contribution >= 0.6 is 27.3 Å². The van der Waals surface area contributed by atoms with Crippen molar-refractivity contribution in [2.24, 2.45) is 5.10 Å². The van der Waals surface area contributed by atoms with Crippen LogP contribution in [0.25, 0.3) is 11.3 Å². The number of ether oxygens (including phenoxy) is 1. The summed E-state index contributed by atoms with van der Waals surface area (Å²) in [5.41, 5.74) is 6.01. The smallest absolute Gasteiger partial charge is 0.203 e. The normalized spacial score (nSPS) is 11.0. The third kappa shape index (κ3) is 5.41. The molecule has 6 heteroatoms. The van der Waals surface area contributed by atoms with Gasteiger partial charge in [0.25, 0.3) is 0 Å². The van der Waals surface area contributed by atoms with E-state index in [4.69, 9.17) is 4.74 Å². The van der Waals surface area contributed by atoms with Crippen LogP contribution in [0.2, 0.25) is 0 Å². The number of aromatic nitrogens is 1. The van der Waals surface area contributed by atoms with E-state index in [9.17, 15) is 0 Å². The molecule has 0 saturated carbocycles. The number of unbranched alkanes of at least 4 members (excludes halogenated alkanes) is 1. The van der Waals surface area contributed by atoms with Gasteiger partial charge in [-0.05, 0) is 48.4 Å². The maximum Gasteiger partial charge on any atom is 0.203 e. The lowest BCUT2D eigenvalue weighted by atomic mass is 10.2. The zero-order valence-corrected chi connectivity index (χ0v) is 16.9. The highest BCUT2D eigenvalue weighted by Gasteiger charge is 2.03. The van der Waals surface area contributed by atoms with E-state index in [-0.39, 0.29) is 0 Å². The third-order valence-corrected chi connectivity index (χ3v) is 4.94. The fourth-order valence-corrected chi connectivity index (χ4v) is 3.16. The molecule has 1 aromatic heterocycles. The second-order valence-electron chi connectivity index (χ2n) is 5.69. The number of nitrogens with one attached hydrogen (secondary N) is 1. The molecular weight excluding hydrogens is 410 g/mol. The zero-order valence-electron chi connectivity index (χ0n) is 14.5. The van der Waals surface area contributed by atoms with Gasteiger partial charge in [-0.25, -0.2) is 4.98 Å². The number of hydrogen-bond acceptors (Lipinski definition) is 5. The number of benzene rings is 2. The molecular formula is C20H20BrN3OS. The van der Waals surface area contributed by atoms with Crippen molar-refractivity contribution in [3.63, 3.8) is 0 Å².